The van der Waals surface area contributed by atoms with Gasteiger partial charge in [0.25, 0.3) is 0 Å². The molecule has 0 aliphatic carbocycles. The molecule has 0 aromatic heterocycles. The second kappa shape index (κ2) is 5.94. The van der Waals surface area contributed by atoms with Gasteiger partial charge < -0.3 is 0 Å². The number of hydrogen-bond donors (Lipinski definition) is 0. The maximum atomic E-state index is 8.13. The van der Waals surface area contributed by atoms with Crippen LogP contribution in [0.5, 0.6) is 0 Å². The van der Waals surface area contributed by atoms with E-state index in [1.165, 1.54) is 0 Å². The summed E-state index contributed by atoms with van der Waals surface area (Å²) >= 11 is 6.53. The van der Waals surface area contributed by atoms with E-state index in [-0.39, 0.29) is 28.6 Å². The van der Waals surface area contributed by atoms with Crippen LogP contribution in [-0.4, -0.2) is 0 Å². The van der Waals surface area contributed by atoms with Crippen LogP contribution in [0.15, 0.2) is 81.6 Å². The molecule has 0 aliphatic heterocycles. The van der Waals surface area contributed by atoms with Crippen molar-refractivity contribution < 1.29 is 5.48 Å². The number of rotatable bonds is 2. The predicted molar refractivity (Wildman–Crippen MR) is 92.7 cm³/mol. The molecule has 3 aromatic rings. The molecular weight excluding hydrogens is 376 g/mol. The molecule has 20 heavy (non-hydrogen) atoms. The SMILES string of the molecule is [2H]c1c([2H])c(-c2ccc(-c3ccc(Br)cc3)cc2)c([2H])c([2H])c1Br. The summed E-state index contributed by atoms with van der Waals surface area (Å²) in [5, 5.41) is 0. The maximum Gasteiger partial charge on any atom is 0.0635 e. The fraction of sp³-hybridized carbons (Fsp3) is 0. The second-order valence-corrected chi connectivity index (χ2v) is 5.98. The first-order valence-electron chi connectivity index (χ1n) is 8.02. The van der Waals surface area contributed by atoms with Gasteiger partial charge in [0, 0.05) is 8.95 Å². The summed E-state index contributed by atoms with van der Waals surface area (Å²) in [6, 6.07) is 15.2. The molecule has 0 fully saturated rings. The number of hydrogen-bond acceptors (Lipinski definition) is 0. The van der Waals surface area contributed by atoms with Gasteiger partial charge in [-0.05, 0) is 46.5 Å². The number of halogens is 2. The maximum absolute atomic E-state index is 8.13. The summed E-state index contributed by atoms with van der Waals surface area (Å²) in [5.74, 6) is 0. The molecule has 0 spiro atoms. The Bertz CT molecular complexity index is 875. The Balaban J connectivity index is 2.08. The monoisotopic (exact) mass is 390 g/mol. The van der Waals surface area contributed by atoms with E-state index in [9.17, 15) is 0 Å². The molecule has 0 unspecified atom stereocenters. The lowest BCUT2D eigenvalue weighted by Crippen LogP contribution is -1.80. The molecule has 0 amide bonds. The van der Waals surface area contributed by atoms with Crippen molar-refractivity contribution in [3.63, 3.8) is 0 Å². The Labute approximate surface area is 141 Å². The minimum absolute atomic E-state index is 0.0423. The van der Waals surface area contributed by atoms with Crippen LogP contribution < -0.4 is 0 Å². The fourth-order valence-corrected chi connectivity index (χ4v) is 2.38. The lowest BCUT2D eigenvalue weighted by atomic mass is 10.0. The van der Waals surface area contributed by atoms with Crippen molar-refractivity contribution in [2.45, 2.75) is 0 Å². The van der Waals surface area contributed by atoms with Crippen LogP contribution in [0, 0.1) is 0 Å². The standard InChI is InChI=1S/C18H12Br2/c19-17-9-5-15(6-10-17)13-1-2-14(4-3-13)16-7-11-18(20)12-8-16/h1-12H/i5D,6D,9D,10D. The third-order valence-corrected chi connectivity index (χ3v) is 3.87. The summed E-state index contributed by atoms with van der Waals surface area (Å²) in [6.45, 7) is 0. The van der Waals surface area contributed by atoms with Gasteiger partial charge >= 0.3 is 0 Å². The molecule has 0 aliphatic rings. The van der Waals surface area contributed by atoms with Gasteiger partial charge in [-0.15, -0.1) is 0 Å². The Morgan fingerprint density at radius 2 is 0.900 bits per heavy atom. The van der Waals surface area contributed by atoms with Crippen molar-refractivity contribution in [3.05, 3.63) is 81.6 Å². The lowest BCUT2D eigenvalue weighted by Gasteiger charge is -2.05. The predicted octanol–water partition coefficient (Wildman–Crippen LogP) is 6.55. The van der Waals surface area contributed by atoms with Gasteiger partial charge in [0.15, 0.2) is 0 Å². The van der Waals surface area contributed by atoms with Crippen LogP contribution in [0.1, 0.15) is 5.48 Å². The molecular formula is C18H12Br2. The summed E-state index contributed by atoms with van der Waals surface area (Å²) < 4.78 is 33.3. The first kappa shape index (κ1) is 9.54. The van der Waals surface area contributed by atoms with Crippen LogP contribution in [-0.2, 0) is 0 Å². The zero-order chi connectivity index (χ0) is 17.4. The largest absolute Gasteiger partial charge is 0.0635 e. The smallest absolute Gasteiger partial charge is 0.0538 e. The summed E-state index contributed by atoms with van der Waals surface area (Å²) in [4.78, 5) is 0. The Morgan fingerprint density at radius 3 is 1.40 bits per heavy atom. The van der Waals surface area contributed by atoms with Gasteiger partial charge in [-0.1, -0.05) is 80.3 Å². The molecule has 0 heterocycles. The van der Waals surface area contributed by atoms with Gasteiger partial charge in [0.05, 0.1) is 5.48 Å². The molecule has 3 aromatic carbocycles. The molecule has 0 radical (unpaired) electrons. The highest BCUT2D eigenvalue weighted by Gasteiger charge is 2.00. The van der Waals surface area contributed by atoms with E-state index < -0.39 is 0 Å². The van der Waals surface area contributed by atoms with Gasteiger partial charge in [-0.2, -0.15) is 0 Å². The zero-order valence-electron chi connectivity index (χ0n) is 14.4. The van der Waals surface area contributed by atoms with E-state index in [4.69, 9.17) is 5.48 Å². The highest BCUT2D eigenvalue weighted by Crippen LogP contribution is 2.26. The van der Waals surface area contributed by atoms with Crippen molar-refractivity contribution >= 4 is 31.9 Å². The van der Waals surface area contributed by atoms with Crippen LogP contribution in [0.2, 0.25) is 0 Å². The molecule has 0 saturated carbocycles. The van der Waals surface area contributed by atoms with Crippen molar-refractivity contribution in [2.75, 3.05) is 0 Å². The Morgan fingerprint density at radius 1 is 0.500 bits per heavy atom. The van der Waals surface area contributed by atoms with E-state index in [1.54, 1.807) is 0 Å². The molecule has 3 rings (SSSR count). The number of benzene rings is 3. The topological polar surface area (TPSA) is 0 Å². The summed E-state index contributed by atoms with van der Waals surface area (Å²) in [5.41, 5.74) is 3.08. The highest BCUT2D eigenvalue weighted by atomic mass is 79.9. The molecule has 98 valence electrons. The fourth-order valence-electron chi connectivity index (χ4n) is 1.91. The van der Waals surface area contributed by atoms with Gasteiger partial charge in [0.2, 0.25) is 0 Å². The quantitative estimate of drug-likeness (QED) is 0.464. The average Bonchev–Trinajstić information content (AvgIpc) is 2.60. The summed E-state index contributed by atoms with van der Waals surface area (Å²) in [6.07, 6.45) is 0. The Kier molecular flexibility index (Phi) is 2.83. The first-order chi connectivity index (χ1) is 11.4. The molecule has 0 saturated heterocycles. The van der Waals surface area contributed by atoms with Crippen molar-refractivity contribution in [2.24, 2.45) is 0 Å². The minimum atomic E-state index is -0.0667. The second-order valence-electron chi connectivity index (χ2n) is 4.27. The third kappa shape index (κ3) is 3.02. The van der Waals surface area contributed by atoms with Crippen LogP contribution in [0.25, 0.3) is 22.3 Å². The molecule has 0 N–H and O–H groups in total. The molecule has 2 heteroatoms. The lowest BCUT2D eigenvalue weighted by molar-refractivity contribution is 1.57. The average molecular weight is 392 g/mol. The van der Waals surface area contributed by atoms with Crippen LogP contribution in [0.3, 0.4) is 0 Å². The third-order valence-electron chi connectivity index (χ3n) is 2.95. The normalized spacial score (nSPS) is 13.3. The van der Waals surface area contributed by atoms with Crippen molar-refractivity contribution in [3.8, 4) is 22.3 Å². The molecule has 0 bridgehead atoms. The van der Waals surface area contributed by atoms with E-state index in [1.807, 2.05) is 48.5 Å². The van der Waals surface area contributed by atoms with Gasteiger partial charge in [-0.3, -0.25) is 0 Å². The van der Waals surface area contributed by atoms with E-state index in [2.05, 4.69) is 31.9 Å². The van der Waals surface area contributed by atoms with E-state index in [0.29, 0.717) is 11.1 Å². The minimum Gasteiger partial charge on any atom is -0.0538 e. The Hall–Kier alpha value is -1.38. The van der Waals surface area contributed by atoms with E-state index in [0.717, 1.165) is 15.6 Å². The summed E-state index contributed by atoms with van der Waals surface area (Å²) in [7, 11) is 0. The van der Waals surface area contributed by atoms with Gasteiger partial charge in [-0.25, -0.2) is 0 Å². The first-order valence-corrected chi connectivity index (χ1v) is 7.61. The van der Waals surface area contributed by atoms with Crippen LogP contribution in [0.4, 0.5) is 0 Å². The molecule has 0 nitrogen and oxygen atoms in total. The zero-order valence-corrected chi connectivity index (χ0v) is 13.5. The van der Waals surface area contributed by atoms with Crippen LogP contribution >= 0.6 is 31.9 Å². The van der Waals surface area contributed by atoms with Gasteiger partial charge in [0.1, 0.15) is 0 Å². The van der Waals surface area contributed by atoms with E-state index >= 15 is 0 Å². The molecule has 0 atom stereocenters. The van der Waals surface area contributed by atoms with Crippen molar-refractivity contribution in [1.82, 2.24) is 0 Å². The highest BCUT2D eigenvalue weighted by molar-refractivity contribution is 9.10. The van der Waals surface area contributed by atoms with Crippen molar-refractivity contribution in [1.29, 1.82) is 0 Å².